The monoisotopic (exact) mass is 282 g/mol. The molecule has 3 rings (SSSR count). The fourth-order valence-corrected chi connectivity index (χ4v) is 3.07. The summed E-state index contributed by atoms with van der Waals surface area (Å²) >= 11 is 0. The fraction of sp³-hybridized carbons (Fsp3) is 0.857. The first-order valence-electron chi connectivity index (χ1n) is 7.35. The molecule has 1 saturated carbocycles. The van der Waals surface area contributed by atoms with Gasteiger partial charge >= 0.3 is 0 Å². The SMILES string of the molecule is CC1C(=O)NC(C)(C2CC2)C(=O)N1CC1COCCO1. The van der Waals surface area contributed by atoms with Crippen LogP contribution in [0.2, 0.25) is 0 Å². The predicted octanol–water partition coefficient (Wildman–Crippen LogP) is -0.0826. The van der Waals surface area contributed by atoms with E-state index in [0.717, 1.165) is 12.8 Å². The van der Waals surface area contributed by atoms with Gasteiger partial charge in [-0.1, -0.05) is 0 Å². The number of carbonyl (C=O) groups is 2. The van der Waals surface area contributed by atoms with Crippen LogP contribution in [-0.4, -0.2) is 60.8 Å². The number of amides is 2. The molecule has 0 aromatic rings. The van der Waals surface area contributed by atoms with Crippen molar-refractivity contribution in [2.45, 2.75) is 44.4 Å². The Labute approximate surface area is 118 Å². The van der Waals surface area contributed by atoms with Gasteiger partial charge < -0.3 is 19.7 Å². The van der Waals surface area contributed by atoms with Gasteiger partial charge in [-0.05, 0) is 32.6 Å². The average molecular weight is 282 g/mol. The van der Waals surface area contributed by atoms with Crippen LogP contribution in [0, 0.1) is 5.92 Å². The van der Waals surface area contributed by atoms with E-state index in [1.807, 2.05) is 6.92 Å². The topological polar surface area (TPSA) is 67.9 Å². The van der Waals surface area contributed by atoms with E-state index in [2.05, 4.69) is 5.32 Å². The second-order valence-corrected chi connectivity index (χ2v) is 6.17. The first kappa shape index (κ1) is 13.8. The van der Waals surface area contributed by atoms with Crippen LogP contribution in [0.25, 0.3) is 0 Å². The van der Waals surface area contributed by atoms with Gasteiger partial charge in [-0.25, -0.2) is 0 Å². The largest absolute Gasteiger partial charge is 0.376 e. The van der Waals surface area contributed by atoms with Crippen molar-refractivity contribution in [2.24, 2.45) is 5.92 Å². The number of nitrogens with one attached hydrogen (secondary N) is 1. The summed E-state index contributed by atoms with van der Waals surface area (Å²) in [7, 11) is 0. The summed E-state index contributed by atoms with van der Waals surface area (Å²) in [6.45, 7) is 5.67. The van der Waals surface area contributed by atoms with Gasteiger partial charge in [0.05, 0.1) is 32.5 Å². The summed E-state index contributed by atoms with van der Waals surface area (Å²) < 4.78 is 11.0. The third-order valence-electron chi connectivity index (χ3n) is 4.61. The van der Waals surface area contributed by atoms with Crippen molar-refractivity contribution in [3.63, 3.8) is 0 Å². The molecule has 112 valence electrons. The Balaban J connectivity index is 1.75. The molecule has 6 heteroatoms. The van der Waals surface area contributed by atoms with Gasteiger partial charge in [0.2, 0.25) is 11.8 Å². The Morgan fingerprint density at radius 1 is 1.35 bits per heavy atom. The van der Waals surface area contributed by atoms with Crippen molar-refractivity contribution < 1.29 is 19.1 Å². The maximum atomic E-state index is 12.8. The minimum absolute atomic E-state index is 0.0151. The van der Waals surface area contributed by atoms with Crippen LogP contribution in [0.1, 0.15) is 26.7 Å². The molecular weight excluding hydrogens is 260 g/mol. The molecule has 3 unspecified atom stereocenters. The van der Waals surface area contributed by atoms with Gasteiger partial charge in [0.15, 0.2) is 0 Å². The minimum Gasteiger partial charge on any atom is -0.376 e. The summed E-state index contributed by atoms with van der Waals surface area (Å²) in [6.07, 6.45) is 1.88. The van der Waals surface area contributed by atoms with Crippen LogP contribution >= 0.6 is 0 Å². The van der Waals surface area contributed by atoms with Gasteiger partial charge in [0, 0.05) is 0 Å². The standard InChI is InChI=1S/C14H22N2O4/c1-9-12(17)15-14(2,10-3-4-10)13(18)16(9)7-11-8-19-5-6-20-11/h9-11H,3-8H2,1-2H3,(H,15,17). The second kappa shape index (κ2) is 5.00. The number of hydrogen-bond acceptors (Lipinski definition) is 4. The second-order valence-electron chi connectivity index (χ2n) is 6.17. The number of ether oxygens (including phenoxy) is 2. The third-order valence-corrected chi connectivity index (χ3v) is 4.61. The first-order valence-corrected chi connectivity index (χ1v) is 7.35. The zero-order valence-corrected chi connectivity index (χ0v) is 12.1. The van der Waals surface area contributed by atoms with Gasteiger partial charge in [-0.15, -0.1) is 0 Å². The summed E-state index contributed by atoms with van der Waals surface area (Å²) in [5.41, 5.74) is -0.737. The van der Waals surface area contributed by atoms with E-state index in [9.17, 15) is 9.59 Å². The zero-order chi connectivity index (χ0) is 14.3. The number of carbonyl (C=O) groups excluding carboxylic acids is 2. The summed E-state index contributed by atoms with van der Waals surface area (Å²) in [4.78, 5) is 26.6. The van der Waals surface area contributed by atoms with Crippen molar-refractivity contribution in [2.75, 3.05) is 26.4 Å². The molecule has 0 radical (unpaired) electrons. The predicted molar refractivity (Wildman–Crippen MR) is 71.0 cm³/mol. The van der Waals surface area contributed by atoms with E-state index in [4.69, 9.17) is 9.47 Å². The number of piperazine rings is 1. The molecule has 3 atom stereocenters. The maximum Gasteiger partial charge on any atom is 0.249 e. The van der Waals surface area contributed by atoms with Gasteiger partial charge in [0.25, 0.3) is 0 Å². The van der Waals surface area contributed by atoms with Crippen LogP contribution in [0.4, 0.5) is 0 Å². The fourth-order valence-electron chi connectivity index (χ4n) is 3.07. The third kappa shape index (κ3) is 2.31. The number of nitrogens with zero attached hydrogens (tertiary/aromatic N) is 1. The molecule has 0 aromatic heterocycles. The van der Waals surface area contributed by atoms with Gasteiger partial charge in [-0.3, -0.25) is 9.59 Å². The van der Waals surface area contributed by atoms with Crippen LogP contribution in [0.15, 0.2) is 0 Å². The zero-order valence-electron chi connectivity index (χ0n) is 12.1. The molecule has 2 aliphatic heterocycles. The maximum absolute atomic E-state index is 12.8. The Hall–Kier alpha value is -1.14. The molecule has 0 bridgehead atoms. The first-order chi connectivity index (χ1) is 9.52. The molecule has 2 saturated heterocycles. The van der Waals surface area contributed by atoms with Gasteiger partial charge in [-0.2, -0.15) is 0 Å². The lowest BCUT2D eigenvalue weighted by Gasteiger charge is -2.44. The lowest BCUT2D eigenvalue weighted by molar-refractivity contribution is -0.160. The van der Waals surface area contributed by atoms with Crippen molar-refractivity contribution in [3.8, 4) is 0 Å². The van der Waals surface area contributed by atoms with Crippen LogP contribution < -0.4 is 5.32 Å². The lowest BCUT2D eigenvalue weighted by Crippen LogP contribution is -2.70. The van der Waals surface area contributed by atoms with Gasteiger partial charge in [0.1, 0.15) is 11.6 Å². The molecule has 1 aliphatic carbocycles. The van der Waals surface area contributed by atoms with Crippen molar-refractivity contribution >= 4 is 11.8 Å². The molecule has 2 heterocycles. The van der Waals surface area contributed by atoms with Crippen molar-refractivity contribution in [3.05, 3.63) is 0 Å². The van der Waals surface area contributed by atoms with E-state index in [-0.39, 0.29) is 23.8 Å². The van der Waals surface area contributed by atoms with Crippen LogP contribution in [0.3, 0.4) is 0 Å². The Morgan fingerprint density at radius 3 is 2.70 bits per heavy atom. The van der Waals surface area contributed by atoms with E-state index >= 15 is 0 Å². The highest BCUT2D eigenvalue weighted by Gasteiger charge is 2.54. The molecule has 1 N–H and O–H groups in total. The van der Waals surface area contributed by atoms with Crippen LogP contribution in [-0.2, 0) is 19.1 Å². The van der Waals surface area contributed by atoms with Crippen molar-refractivity contribution in [1.29, 1.82) is 0 Å². The molecule has 6 nitrogen and oxygen atoms in total. The highest BCUT2D eigenvalue weighted by Crippen LogP contribution is 2.42. The highest BCUT2D eigenvalue weighted by atomic mass is 16.6. The molecule has 2 amide bonds. The minimum atomic E-state index is -0.737. The van der Waals surface area contributed by atoms with E-state index in [1.54, 1.807) is 11.8 Å². The Morgan fingerprint density at radius 2 is 2.10 bits per heavy atom. The molecular formula is C14H22N2O4. The smallest absolute Gasteiger partial charge is 0.249 e. The van der Waals surface area contributed by atoms with Crippen LogP contribution in [0.5, 0.6) is 0 Å². The highest BCUT2D eigenvalue weighted by molar-refractivity contribution is 5.99. The number of hydrogen-bond donors (Lipinski definition) is 1. The average Bonchev–Trinajstić information content (AvgIpc) is 3.27. The Bertz CT molecular complexity index is 417. The number of rotatable bonds is 3. The molecule has 20 heavy (non-hydrogen) atoms. The lowest BCUT2D eigenvalue weighted by atomic mass is 9.89. The van der Waals surface area contributed by atoms with E-state index in [1.165, 1.54) is 0 Å². The normalized spacial score (nSPS) is 38.8. The molecule has 3 fully saturated rings. The summed E-state index contributed by atoms with van der Waals surface area (Å²) in [5.74, 6) is 0.217. The summed E-state index contributed by atoms with van der Waals surface area (Å²) in [6, 6.07) is -0.445. The summed E-state index contributed by atoms with van der Waals surface area (Å²) in [5, 5.41) is 2.92. The molecule has 0 spiro atoms. The molecule has 3 aliphatic rings. The Kier molecular flexibility index (Phi) is 3.46. The van der Waals surface area contributed by atoms with E-state index < -0.39 is 11.6 Å². The van der Waals surface area contributed by atoms with E-state index in [0.29, 0.717) is 26.4 Å². The van der Waals surface area contributed by atoms with Crippen molar-refractivity contribution in [1.82, 2.24) is 10.2 Å². The molecule has 0 aromatic carbocycles. The quantitative estimate of drug-likeness (QED) is 0.786.